The van der Waals surface area contributed by atoms with E-state index in [1.807, 2.05) is 0 Å². The summed E-state index contributed by atoms with van der Waals surface area (Å²) >= 11 is 0. The van der Waals surface area contributed by atoms with Crippen LogP contribution in [-0.4, -0.2) is 37.6 Å². The third kappa shape index (κ3) is 0.689. The summed E-state index contributed by atoms with van der Waals surface area (Å²) in [5.74, 6) is -0.670. The monoisotopic (exact) mass is 197 g/mol. The van der Waals surface area contributed by atoms with Crippen molar-refractivity contribution in [1.29, 1.82) is 0 Å². The van der Waals surface area contributed by atoms with Gasteiger partial charge >= 0.3 is 0 Å². The Bertz CT molecular complexity index is 365. The molecule has 2 aliphatic carbocycles. The van der Waals surface area contributed by atoms with E-state index in [-0.39, 0.29) is 23.6 Å². The number of aliphatic hydroxyl groups is 2. The summed E-state index contributed by atoms with van der Waals surface area (Å²) in [7, 11) is 0. The highest BCUT2D eigenvalue weighted by molar-refractivity contribution is 5.55. The molecule has 0 amide bonds. The minimum atomic E-state index is -0.825. The second-order valence-corrected chi connectivity index (χ2v) is 4.08. The highest BCUT2D eigenvalue weighted by Gasteiger charge is 2.53. The number of hydrogen-bond donors (Lipinski definition) is 5. The number of rotatable bonds is 0. The summed E-state index contributed by atoms with van der Waals surface area (Å²) in [5, 5.41) is 38.2. The fourth-order valence-electron chi connectivity index (χ4n) is 2.86. The van der Waals surface area contributed by atoms with Crippen LogP contribution in [0.2, 0.25) is 0 Å². The van der Waals surface area contributed by atoms with Crippen molar-refractivity contribution < 1.29 is 20.4 Å². The van der Waals surface area contributed by atoms with Crippen LogP contribution < -0.4 is 0 Å². The second kappa shape index (κ2) is 2.24. The Kier molecular flexibility index (Phi) is 1.30. The largest absolute Gasteiger partial charge is 0.494 e. The first-order valence-electron chi connectivity index (χ1n) is 4.61. The molecule has 1 saturated carbocycles. The topological polar surface area (TPSA) is 96.7 Å². The number of H-pyrrole nitrogens is 1. The third-order valence-corrected chi connectivity index (χ3v) is 3.46. The van der Waals surface area contributed by atoms with Crippen molar-refractivity contribution in [3.63, 3.8) is 0 Å². The molecule has 5 nitrogen and oxygen atoms in total. The van der Waals surface area contributed by atoms with E-state index in [1.165, 1.54) is 0 Å². The van der Waals surface area contributed by atoms with Crippen molar-refractivity contribution in [2.45, 2.75) is 30.5 Å². The first kappa shape index (κ1) is 8.14. The highest BCUT2D eigenvalue weighted by Crippen LogP contribution is 2.58. The summed E-state index contributed by atoms with van der Waals surface area (Å²) in [6.07, 6.45) is -1.05. The highest BCUT2D eigenvalue weighted by atomic mass is 16.3. The van der Waals surface area contributed by atoms with Gasteiger partial charge in [0, 0.05) is 23.0 Å². The minimum absolute atomic E-state index is 0.0871. The Morgan fingerprint density at radius 1 is 0.929 bits per heavy atom. The molecule has 2 bridgehead atoms. The Hall–Kier alpha value is -1.20. The molecule has 0 aromatic carbocycles. The molecule has 76 valence electrons. The van der Waals surface area contributed by atoms with Gasteiger partial charge in [-0.15, -0.1) is 0 Å². The van der Waals surface area contributed by atoms with Crippen LogP contribution >= 0.6 is 0 Å². The number of fused-ring (bicyclic) bond motifs is 5. The van der Waals surface area contributed by atoms with Crippen molar-refractivity contribution in [3.8, 4) is 11.8 Å². The second-order valence-electron chi connectivity index (χ2n) is 4.08. The lowest BCUT2D eigenvalue weighted by atomic mass is 9.90. The normalized spacial score (nSPS) is 39.0. The molecular weight excluding hydrogens is 186 g/mol. The number of aromatic amines is 1. The average molecular weight is 197 g/mol. The zero-order valence-corrected chi connectivity index (χ0v) is 7.31. The van der Waals surface area contributed by atoms with Crippen LogP contribution in [-0.2, 0) is 0 Å². The molecule has 0 aliphatic heterocycles. The molecule has 4 atom stereocenters. The lowest BCUT2D eigenvalue weighted by molar-refractivity contribution is 0.0211. The molecule has 0 spiro atoms. The summed E-state index contributed by atoms with van der Waals surface area (Å²) in [6.45, 7) is 0. The lowest BCUT2D eigenvalue weighted by Crippen LogP contribution is -2.30. The molecule has 0 unspecified atom stereocenters. The van der Waals surface area contributed by atoms with Gasteiger partial charge in [0.2, 0.25) is 0 Å². The number of hydrogen-bond acceptors (Lipinski definition) is 4. The van der Waals surface area contributed by atoms with E-state index in [2.05, 4.69) is 4.98 Å². The maximum Gasteiger partial charge on any atom is 0.195 e. The summed E-state index contributed by atoms with van der Waals surface area (Å²) in [4.78, 5) is 2.41. The number of aliphatic hydroxyl groups excluding tert-OH is 2. The van der Waals surface area contributed by atoms with E-state index in [0.717, 1.165) is 0 Å². The van der Waals surface area contributed by atoms with Crippen LogP contribution in [0.15, 0.2) is 0 Å². The van der Waals surface area contributed by atoms with E-state index in [4.69, 9.17) is 0 Å². The molecule has 1 heterocycles. The van der Waals surface area contributed by atoms with Crippen molar-refractivity contribution in [2.75, 3.05) is 0 Å². The van der Waals surface area contributed by atoms with Crippen LogP contribution in [0.25, 0.3) is 0 Å². The first-order valence-corrected chi connectivity index (χ1v) is 4.61. The molecule has 1 aromatic rings. The van der Waals surface area contributed by atoms with Gasteiger partial charge in [-0.25, -0.2) is 0 Å². The Labute approximate surface area is 79.6 Å². The van der Waals surface area contributed by atoms with Crippen molar-refractivity contribution in [3.05, 3.63) is 11.1 Å². The van der Waals surface area contributed by atoms with Gasteiger partial charge in [-0.1, -0.05) is 0 Å². The fraction of sp³-hybridized carbons (Fsp3) is 0.556. The third-order valence-electron chi connectivity index (χ3n) is 3.46. The summed E-state index contributed by atoms with van der Waals surface area (Å²) in [6, 6.07) is 0. The van der Waals surface area contributed by atoms with Gasteiger partial charge in [-0.05, 0) is 6.42 Å². The van der Waals surface area contributed by atoms with Gasteiger partial charge in [-0.3, -0.25) is 4.98 Å². The SMILES string of the molecule is Oc1[nH]c(O)c2c1[C@H]1C[C@@H]2[C@H](O)[C@H]1O. The predicted octanol–water partition coefficient (Wildman–Crippen LogP) is -0.268. The maximum absolute atomic E-state index is 9.61. The van der Waals surface area contributed by atoms with Crippen LogP contribution in [0.3, 0.4) is 0 Å². The quantitative estimate of drug-likeness (QED) is 0.395. The van der Waals surface area contributed by atoms with Gasteiger partial charge in [-0.2, -0.15) is 0 Å². The molecule has 5 heteroatoms. The van der Waals surface area contributed by atoms with Gasteiger partial charge in [0.15, 0.2) is 11.8 Å². The van der Waals surface area contributed by atoms with Gasteiger partial charge < -0.3 is 20.4 Å². The van der Waals surface area contributed by atoms with E-state index < -0.39 is 12.2 Å². The van der Waals surface area contributed by atoms with E-state index in [1.54, 1.807) is 0 Å². The molecule has 0 radical (unpaired) electrons. The van der Waals surface area contributed by atoms with Gasteiger partial charge in [0.25, 0.3) is 0 Å². The van der Waals surface area contributed by atoms with Crippen molar-refractivity contribution in [1.82, 2.24) is 4.98 Å². The number of aromatic hydroxyl groups is 2. The Morgan fingerprint density at radius 3 is 1.79 bits per heavy atom. The van der Waals surface area contributed by atoms with Gasteiger partial charge in [0.1, 0.15) is 0 Å². The summed E-state index contributed by atoms with van der Waals surface area (Å²) < 4.78 is 0. The lowest BCUT2D eigenvalue weighted by Gasteiger charge is -2.22. The first-order chi connectivity index (χ1) is 6.61. The maximum atomic E-state index is 9.61. The molecule has 1 fully saturated rings. The molecule has 0 saturated heterocycles. The smallest absolute Gasteiger partial charge is 0.195 e. The zero-order chi connectivity index (χ0) is 10.0. The van der Waals surface area contributed by atoms with Crippen LogP contribution in [0.4, 0.5) is 0 Å². The molecule has 14 heavy (non-hydrogen) atoms. The number of aromatic nitrogens is 1. The van der Waals surface area contributed by atoms with Crippen molar-refractivity contribution in [2.24, 2.45) is 0 Å². The Balaban J connectivity index is 2.21. The van der Waals surface area contributed by atoms with E-state index in [0.29, 0.717) is 17.5 Å². The van der Waals surface area contributed by atoms with Crippen molar-refractivity contribution >= 4 is 0 Å². The van der Waals surface area contributed by atoms with Crippen LogP contribution in [0.5, 0.6) is 11.8 Å². The van der Waals surface area contributed by atoms with E-state index in [9.17, 15) is 20.4 Å². The van der Waals surface area contributed by atoms with Crippen LogP contribution in [0.1, 0.15) is 29.4 Å². The zero-order valence-electron chi connectivity index (χ0n) is 7.31. The van der Waals surface area contributed by atoms with Crippen LogP contribution in [0, 0.1) is 0 Å². The van der Waals surface area contributed by atoms with Gasteiger partial charge in [0.05, 0.1) is 12.2 Å². The molecule has 3 rings (SSSR count). The Morgan fingerprint density at radius 2 is 1.36 bits per heavy atom. The van der Waals surface area contributed by atoms with E-state index >= 15 is 0 Å². The fourth-order valence-corrected chi connectivity index (χ4v) is 2.86. The summed E-state index contributed by atoms with van der Waals surface area (Å²) in [5.41, 5.74) is 1.15. The number of nitrogens with one attached hydrogen (secondary N) is 1. The molecule has 5 N–H and O–H groups in total. The standard InChI is InChI=1S/C9H11NO4/c11-6-2-1-3(7(6)12)5-4(2)8(13)10-9(5)14/h2-3,6-7,10-14H,1H2/t2-,3+,6-,7-/m0/s1. The average Bonchev–Trinajstić information content (AvgIpc) is 2.71. The molecular formula is C9H11NO4. The minimum Gasteiger partial charge on any atom is -0.494 e. The molecule has 2 aliphatic rings. The predicted molar refractivity (Wildman–Crippen MR) is 46.2 cm³/mol. The molecule has 1 aromatic heterocycles.